The molecule has 0 atom stereocenters. The van der Waals surface area contributed by atoms with Gasteiger partial charge in [-0.05, 0) is 6.92 Å². The predicted octanol–water partition coefficient (Wildman–Crippen LogP) is 1.31. The average Bonchev–Trinajstić information content (AvgIpc) is 2.16. The molecule has 0 aromatic carbocycles. The van der Waals surface area contributed by atoms with Crippen LogP contribution in [0, 0.1) is 10.1 Å². The van der Waals surface area contributed by atoms with E-state index in [0.29, 0.717) is 6.42 Å². The number of aromatic nitrogens is 2. The summed E-state index contributed by atoms with van der Waals surface area (Å²) in [5.74, 6) is -0.172. The maximum atomic E-state index is 10.6. The van der Waals surface area contributed by atoms with Crippen molar-refractivity contribution in [1.82, 2.24) is 9.97 Å². The molecule has 0 unspecified atom stereocenters. The Labute approximate surface area is 92.1 Å². The molecule has 1 aromatic heterocycles. The maximum absolute atomic E-state index is 10.6. The first-order chi connectivity index (χ1) is 7.50. The fraction of sp³-hybridized carbons (Fsp3) is 0.333. The second kappa shape index (κ2) is 5.06. The molecule has 7 nitrogen and oxygen atoms in total. The van der Waals surface area contributed by atoms with E-state index in [1.807, 2.05) is 6.92 Å². The molecule has 86 valence electrons. The van der Waals surface area contributed by atoms with Gasteiger partial charge < -0.3 is 10.5 Å². The predicted molar refractivity (Wildman–Crippen MR) is 58.0 cm³/mol. The molecule has 7 heteroatoms. The third-order valence-corrected chi connectivity index (χ3v) is 1.72. The zero-order valence-electron chi connectivity index (χ0n) is 8.84. The van der Waals surface area contributed by atoms with E-state index < -0.39 is 4.92 Å². The van der Waals surface area contributed by atoms with Crippen molar-refractivity contribution in [2.75, 3.05) is 12.3 Å². The van der Waals surface area contributed by atoms with Crippen molar-refractivity contribution in [3.8, 4) is 5.88 Å². The molecule has 2 N–H and O–H groups in total. The van der Waals surface area contributed by atoms with Gasteiger partial charge in [-0.2, -0.15) is 4.98 Å². The van der Waals surface area contributed by atoms with Gasteiger partial charge in [0, 0.05) is 6.42 Å². The Kier molecular flexibility index (Phi) is 3.76. The van der Waals surface area contributed by atoms with Crippen molar-refractivity contribution in [2.45, 2.75) is 13.3 Å². The second-order valence-electron chi connectivity index (χ2n) is 3.23. The Morgan fingerprint density at radius 3 is 3.00 bits per heavy atom. The van der Waals surface area contributed by atoms with Crippen LogP contribution in [0.25, 0.3) is 0 Å². The molecular weight excluding hydrogens is 212 g/mol. The van der Waals surface area contributed by atoms with Crippen molar-refractivity contribution in [3.63, 3.8) is 0 Å². The largest absolute Gasteiger partial charge is 0.472 e. The summed E-state index contributed by atoms with van der Waals surface area (Å²) in [6.45, 7) is 5.80. The number of hydrogen-bond donors (Lipinski definition) is 1. The third-order valence-electron chi connectivity index (χ3n) is 1.72. The highest BCUT2D eigenvalue weighted by molar-refractivity contribution is 5.41. The van der Waals surface area contributed by atoms with Gasteiger partial charge >= 0.3 is 5.69 Å². The number of anilines is 1. The van der Waals surface area contributed by atoms with Crippen LogP contribution < -0.4 is 10.5 Å². The smallest absolute Gasteiger partial charge is 0.349 e. The molecule has 0 bridgehead atoms. The van der Waals surface area contributed by atoms with Gasteiger partial charge in [0.1, 0.15) is 6.20 Å². The maximum Gasteiger partial charge on any atom is 0.349 e. The van der Waals surface area contributed by atoms with Crippen molar-refractivity contribution < 1.29 is 9.66 Å². The van der Waals surface area contributed by atoms with E-state index in [4.69, 9.17) is 10.5 Å². The Hall–Kier alpha value is -2.18. The Balaban J connectivity index is 2.80. The lowest BCUT2D eigenvalue weighted by atomic mass is 10.3. The van der Waals surface area contributed by atoms with Crippen LogP contribution >= 0.6 is 0 Å². The summed E-state index contributed by atoms with van der Waals surface area (Å²) in [7, 11) is 0. The van der Waals surface area contributed by atoms with Crippen LogP contribution in [0.3, 0.4) is 0 Å². The average molecular weight is 224 g/mol. The highest BCUT2D eigenvalue weighted by Gasteiger charge is 2.17. The standard InChI is InChI=1S/C9H12N4O3/c1-6(2)3-4-16-8-7(13(14)15)5-11-9(10)12-8/h5H,1,3-4H2,2H3,(H2,10,11,12). The Bertz CT molecular complexity index is 419. The summed E-state index contributed by atoms with van der Waals surface area (Å²) < 4.78 is 5.16. The van der Waals surface area contributed by atoms with E-state index >= 15 is 0 Å². The second-order valence-corrected chi connectivity index (χ2v) is 3.23. The molecular formula is C9H12N4O3. The molecule has 0 fully saturated rings. The topological polar surface area (TPSA) is 104 Å². The number of hydrogen-bond acceptors (Lipinski definition) is 6. The van der Waals surface area contributed by atoms with Crippen LogP contribution in [0.4, 0.5) is 11.6 Å². The zero-order valence-corrected chi connectivity index (χ0v) is 8.84. The van der Waals surface area contributed by atoms with E-state index in [2.05, 4.69) is 16.5 Å². The van der Waals surface area contributed by atoms with Gasteiger partial charge in [0.25, 0.3) is 5.88 Å². The van der Waals surface area contributed by atoms with Crippen LogP contribution in [0.2, 0.25) is 0 Å². The van der Waals surface area contributed by atoms with Gasteiger partial charge in [-0.25, -0.2) is 4.98 Å². The number of nitrogens with zero attached hydrogens (tertiary/aromatic N) is 3. The van der Waals surface area contributed by atoms with Crippen molar-refractivity contribution in [3.05, 3.63) is 28.5 Å². The molecule has 1 heterocycles. The third kappa shape index (κ3) is 3.19. The van der Waals surface area contributed by atoms with Crippen molar-refractivity contribution >= 4 is 11.6 Å². The van der Waals surface area contributed by atoms with Gasteiger partial charge in [-0.3, -0.25) is 10.1 Å². The summed E-state index contributed by atoms with van der Waals surface area (Å²) in [5.41, 5.74) is 5.94. The van der Waals surface area contributed by atoms with Gasteiger partial charge in [0.15, 0.2) is 0 Å². The molecule has 0 radical (unpaired) electrons. The zero-order chi connectivity index (χ0) is 12.1. The Morgan fingerprint density at radius 1 is 1.75 bits per heavy atom. The first-order valence-electron chi connectivity index (χ1n) is 4.55. The van der Waals surface area contributed by atoms with Crippen LogP contribution in [-0.2, 0) is 0 Å². The lowest BCUT2D eigenvalue weighted by molar-refractivity contribution is -0.386. The number of nitro groups is 1. The minimum atomic E-state index is -0.616. The van der Waals surface area contributed by atoms with Gasteiger partial charge in [-0.15, -0.1) is 6.58 Å². The monoisotopic (exact) mass is 224 g/mol. The van der Waals surface area contributed by atoms with Crippen LogP contribution in [0.5, 0.6) is 5.88 Å². The number of nitrogen functional groups attached to an aromatic ring is 1. The number of rotatable bonds is 5. The molecule has 1 aromatic rings. The molecule has 0 saturated carbocycles. The van der Waals surface area contributed by atoms with E-state index in [0.717, 1.165) is 11.8 Å². The fourth-order valence-electron chi connectivity index (χ4n) is 0.926. The van der Waals surface area contributed by atoms with E-state index in [1.165, 1.54) is 0 Å². The lowest BCUT2D eigenvalue weighted by Gasteiger charge is -2.05. The number of nitrogens with two attached hydrogens (primary N) is 1. The fourth-order valence-corrected chi connectivity index (χ4v) is 0.926. The summed E-state index contributed by atoms with van der Waals surface area (Å²) >= 11 is 0. The molecule has 0 saturated heterocycles. The molecule has 0 spiro atoms. The Morgan fingerprint density at radius 2 is 2.44 bits per heavy atom. The quantitative estimate of drug-likeness (QED) is 0.459. The van der Waals surface area contributed by atoms with Crippen LogP contribution in [0.1, 0.15) is 13.3 Å². The summed E-state index contributed by atoms with van der Waals surface area (Å²) in [6, 6.07) is 0. The van der Waals surface area contributed by atoms with Gasteiger partial charge in [0.05, 0.1) is 11.5 Å². The summed E-state index contributed by atoms with van der Waals surface area (Å²) in [5, 5.41) is 10.6. The van der Waals surface area contributed by atoms with E-state index in [-0.39, 0.29) is 24.1 Å². The first kappa shape index (κ1) is 11.9. The van der Waals surface area contributed by atoms with E-state index in [9.17, 15) is 10.1 Å². The minimum absolute atomic E-state index is 0.0593. The summed E-state index contributed by atoms with van der Waals surface area (Å²) in [6.07, 6.45) is 1.62. The van der Waals surface area contributed by atoms with Crippen molar-refractivity contribution in [1.29, 1.82) is 0 Å². The van der Waals surface area contributed by atoms with Gasteiger partial charge in [0.2, 0.25) is 5.95 Å². The van der Waals surface area contributed by atoms with E-state index in [1.54, 1.807) is 0 Å². The first-order valence-corrected chi connectivity index (χ1v) is 4.55. The summed E-state index contributed by atoms with van der Waals surface area (Å²) in [4.78, 5) is 17.2. The normalized spacial score (nSPS) is 9.81. The molecule has 0 aliphatic carbocycles. The van der Waals surface area contributed by atoms with Crippen LogP contribution in [0.15, 0.2) is 18.3 Å². The highest BCUT2D eigenvalue weighted by Crippen LogP contribution is 2.23. The molecule has 0 amide bonds. The molecule has 0 aliphatic rings. The SMILES string of the molecule is C=C(C)CCOc1nc(N)ncc1[N+](=O)[O-]. The van der Waals surface area contributed by atoms with Gasteiger partial charge in [-0.1, -0.05) is 5.57 Å². The van der Waals surface area contributed by atoms with Crippen molar-refractivity contribution in [2.24, 2.45) is 0 Å². The molecule has 16 heavy (non-hydrogen) atoms. The minimum Gasteiger partial charge on any atom is -0.472 e. The highest BCUT2D eigenvalue weighted by atomic mass is 16.6. The van der Waals surface area contributed by atoms with Crippen LogP contribution in [-0.4, -0.2) is 21.5 Å². The number of ether oxygens (including phenoxy) is 1. The lowest BCUT2D eigenvalue weighted by Crippen LogP contribution is -2.05. The molecule has 1 rings (SSSR count). The molecule has 0 aliphatic heterocycles.